The standard InChI is InChI=1S/C11H15ClN4O2/c1-18-10(17)6-2-3-7(4-6)14-9-5-8(12)15-11(13)16-9/h5-7H,2-4H2,1H3,(H3,13,14,15,16)/t6-,7+/m0/s1. The van der Waals surface area contributed by atoms with Gasteiger partial charge < -0.3 is 15.8 Å². The minimum atomic E-state index is -0.153. The summed E-state index contributed by atoms with van der Waals surface area (Å²) >= 11 is 5.79. The predicted molar refractivity (Wildman–Crippen MR) is 68.2 cm³/mol. The van der Waals surface area contributed by atoms with Gasteiger partial charge in [-0.1, -0.05) is 11.6 Å². The van der Waals surface area contributed by atoms with E-state index in [0.717, 1.165) is 19.3 Å². The number of nitrogen functional groups attached to an aromatic ring is 1. The Morgan fingerprint density at radius 2 is 2.33 bits per heavy atom. The van der Waals surface area contributed by atoms with Gasteiger partial charge >= 0.3 is 5.97 Å². The van der Waals surface area contributed by atoms with Gasteiger partial charge in [-0.05, 0) is 19.3 Å². The van der Waals surface area contributed by atoms with E-state index in [-0.39, 0.29) is 23.9 Å². The second kappa shape index (κ2) is 5.39. The molecule has 2 atom stereocenters. The summed E-state index contributed by atoms with van der Waals surface area (Å²) in [5, 5.41) is 3.51. The van der Waals surface area contributed by atoms with E-state index in [0.29, 0.717) is 11.0 Å². The van der Waals surface area contributed by atoms with Crippen molar-refractivity contribution in [1.82, 2.24) is 9.97 Å². The van der Waals surface area contributed by atoms with Crippen LogP contribution in [-0.4, -0.2) is 29.1 Å². The highest BCUT2D eigenvalue weighted by Gasteiger charge is 2.30. The van der Waals surface area contributed by atoms with Gasteiger partial charge in [-0.25, -0.2) is 4.98 Å². The number of nitrogens with zero attached hydrogens (tertiary/aromatic N) is 2. The Hall–Kier alpha value is -1.56. The number of hydrogen-bond acceptors (Lipinski definition) is 6. The molecule has 0 radical (unpaired) electrons. The van der Waals surface area contributed by atoms with E-state index in [1.54, 1.807) is 6.07 Å². The number of aromatic nitrogens is 2. The quantitative estimate of drug-likeness (QED) is 0.638. The summed E-state index contributed by atoms with van der Waals surface area (Å²) in [6, 6.07) is 1.79. The molecule has 1 fully saturated rings. The van der Waals surface area contributed by atoms with Crippen LogP contribution in [-0.2, 0) is 9.53 Å². The molecule has 0 aliphatic heterocycles. The van der Waals surface area contributed by atoms with Crippen LogP contribution < -0.4 is 11.1 Å². The number of carbonyl (C=O) groups excluding carboxylic acids is 1. The number of rotatable bonds is 3. The highest BCUT2D eigenvalue weighted by molar-refractivity contribution is 6.29. The molecule has 0 unspecified atom stereocenters. The summed E-state index contributed by atoms with van der Waals surface area (Å²) < 4.78 is 4.74. The molecule has 1 saturated carbocycles. The number of nitrogens with one attached hydrogen (secondary N) is 1. The number of nitrogens with two attached hydrogens (primary N) is 1. The van der Waals surface area contributed by atoms with E-state index in [9.17, 15) is 4.79 Å². The maximum Gasteiger partial charge on any atom is 0.308 e. The van der Waals surface area contributed by atoms with E-state index in [1.807, 2.05) is 0 Å². The van der Waals surface area contributed by atoms with Gasteiger partial charge in [0.15, 0.2) is 0 Å². The molecule has 1 aromatic heterocycles. The molecule has 2 rings (SSSR count). The van der Waals surface area contributed by atoms with Gasteiger partial charge in [-0.3, -0.25) is 4.79 Å². The van der Waals surface area contributed by atoms with Crippen LogP contribution in [0.4, 0.5) is 11.8 Å². The number of methoxy groups -OCH3 is 1. The fraction of sp³-hybridized carbons (Fsp3) is 0.545. The largest absolute Gasteiger partial charge is 0.469 e. The summed E-state index contributed by atoms with van der Waals surface area (Å²) in [5.74, 6) is 0.525. The lowest BCUT2D eigenvalue weighted by molar-refractivity contribution is -0.145. The molecule has 6 nitrogen and oxygen atoms in total. The SMILES string of the molecule is COC(=O)[C@H]1CC[C@@H](Nc2cc(Cl)nc(N)n2)C1. The lowest BCUT2D eigenvalue weighted by Crippen LogP contribution is -2.19. The maximum absolute atomic E-state index is 11.4. The molecule has 18 heavy (non-hydrogen) atoms. The van der Waals surface area contributed by atoms with E-state index in [4.69, 9.17) is 22.1 Å². The van der Waals surface area contributed by atoms with Crippen LogP contribution >= 0.6 is 11.6 Å². The number of esters is 1. The highest BCUT2D eigenvalue weighted by Crippen LogP contribution is 2.29. The Morgan fingerprint density at radius 1 is 1.56 bits per heavy atom. The lowest BCUT2D eigenvalue weighted by Gasteiger charge is -2.13. The van der Waals surface area contributed by atoms with Gasteiger partial charge in [0.25, 0.3) is 0 Å². The first-order valence-corrected chi connectivity index (χ1v) is 6.10. The molecule has 98 valence electrons. The fourth-order valence-electron chi connectivity index (χ4n) is 2.21. The molecule has 0 amide bonds. The van der Waals surface area contributed by atoms with E-state index < -0.39 is 0 Å². The Balaban J connectivity index is 1.97. The van der Waals surface area contributed by atoms with Crippen LogP contribution in [0.25, 0.3) is 0 Å². The van der Waals surface area contributed by atoms with Crippen molar-refractivity contribution >= 4 is 29.3 Å². The van der Waals surface area contributed by atoms with Crippen molar-refractivity contribution in [3.63, 3.8) is 0 Å². The lowest BCUT2D eigenvalue weighted by atomic mass is 10.1. The molecule has 7 heteroatoms. The third-order valence-corrected chi connectivity index (χ3v) is 3.22. The first kappa shape index (κ1) is 12.9. The third kappa shape index (κ3) is 3.01. The second-order valence-corrected chi connectivity index (χ2v) is 4.70. The monoisotopic (exact) mass is 270 g/mol. The number of carbonyl (C=O) groups is 1. The summed E-state index contributed by atoms with van der Waals surface area (Å²) in [7, 11) is 1.41. The molecule has 0 aromatic carbocycles. The van der Waals surface area contributed by atoms with Crippen LogP contribution in [0.5, 0.6) is 0 Å². The zero-order valence-corrected chi connectivity index (χ0v) is 10.8. The number of hydrogen-bond donors (Lipinski definition) is 2. The molecular weight excluding hydrogens is 256 g/mol. The van der Waals surface area contributed by atoms with Crippen molar-refractivity contribution in [2.75, 3.05) is 18.2 Å². The van der Waals surface area contributed by atoms with Gasteiger partial charge in [-0.2, -0.15) is 4.98 Å². The van der Waals surface area contributed by atoms with Crippen LogP contribution in [0.1, 0.15) is 19.3 Å². The number of ether oxygens (including phenoxy) is 1. The number of anilines is 2. The summed E-state index contributed by atoms with van der Waals surface area (Å²) in [5.41, 5.74) is 5.51. The molecule has 1 aliphatic rings. The van der Waals surface area contributed by atoms with Gasteiger partial charge in [-0.15, -0.1) is 0 Å². The van der Waals surface area contributed by atoms with Gasteiger partial charge in [0, 0.05) is 12.1 Å². The average Bonchev–Trinajstić information content (AvgIpc) is 2.75. The zero-order chi connectivity index (χ0) is 13.1. The third-order valence-electron chi connectivity index (χ3n) is 3.03. The van der Waals surface area contributed by atoms with Gasteiger partial charge in [0.2, 0.25) is 5.95 Å². The minimum absolute atomic E-state index is 0.0397. The van der Waals surface area contributed by atoms with Crippen LogP contribution in [0.15, 0.2) is 6.07 Å². The summed E-state index contributed by atoms with van der Waals surface area (Å²) in [4.78, 5) is 19.2. The average molecular weight is 271 g/mol. The zero-order valence-electron chi connectivity index (χ0n) is 10.0. The molecule has 0 spiro atoms. The molecular formula is C11H15ClN4O2. The molecule has 3 N–H and O–H groups in total. The Labute approximate surface area is 110 Å². The van der Waals surface area contributed by atoms with E-state index in [1.165, 1.54) is 7.11 Å². The highest BCUT2D eigenvalue weighted by atomic mass is 35.5. The molecule has 1 heterocycles. The van der Waals surface area contributed by atoms with E-state index in [2.05, 4.69) is 15.3 Å². The molecule has 0 saturated heterocycles. The maximum atomic E-state index is 11.4. The fourth-order valence-corrected chi connectivity index (χ4v) is 2.40. The van der Waals surface area contributed by atoms with Crippen molar-refractivity contribution in [3.8, 4) is 0 Å². The predicted octanol–water partition coefficient (Wildman–Crippen LogP) is 1.47. The topological polar surface area (TPSA) is 90.1 Å². The van der Waals surface area contributed by atoms with Crippen LogP contribution in [0.2, 0.25) is 5.15 Å². The molecule has 1 aromatic rings. The van der Waals surface area contributed by atoms with Gasteiger partial charge in [0.1, 0.15) is 11.0 Å². The van der Waals surface area contributed by atoms with Crippen LogP contribution in [0, 0.1) is 5.92 Å². The molecule has 1 aliphatic carbocycles. The number of halogens is 1. The smallest absolute Gasteiger partial charge is 0.308 e. The van der Waals surface area contributed by atoms with Crippen molar-refractivity contribution in [3.05, 3.63) is 11.2 Å². The van der Waals surface area contributed by atoms with E-state index >= 15 is 0 Å². The van der Waals surface area contributed by atoms with Crippen molar-refractivity contribution in [1.29, 1.82) is 0 Å². The second-order valence-electron chi connectivity index (χ2n) is 4.31. The van der Waals surface area contributed by atoms with Crippen molar-refractivity contribution in [2.45, 2.75) is 25.3 Å². The van der Waals surface area contributed by atoms with Crippen LogP contribution in [0.3, 0.4) is 0 Å². The Kier molecular flexibility index (Phi) is 3.86. The first-order chi connectivity index (χ1) is 8.58. The Morgan fingerprint density at radius 3 is 3.00 bits per heavy atom. The minimum Gasteiger partial charge on any atom is -0.469 e. The summed E-state index contributed by atoms with van der Waals surface area (Å²) in [6.07, 6.45) is 2.44. The van der Waals surface area contributed by atoms with Crippen molar-refractivity contribution in [2.24, 2.45) is 5.92 Å². The molecule has 0 bridgehead atoms. The normalized spacial score (nSPS) is 22.8. The first-order valence-electron chi connectivity index (χ1n) is 5.73. The van der Waals surface area contributed by atoms with Gasteiger partial charge in [0.05, 0.1) is 13.0 Å². The summed E-state index contributed by atoms with van der Waals surface area (Å²) in [6.45, 7) is 0. The van der Waals surface area contributed by atoms with Crippen molar-refractivity contribution < 1.29 is 9.53 Å². The Bertz CT molecular complexity index is 434.